The second-order valence-electron chi connectivity index (χ2n) is 5.21. The summed E-state index contributed by atoms with van der Waals surface area (Å²) in [6, 6.07) is 11.9. The van der Waals surface area contributed by atoms with Crippen LogP contribution in [0.1, 0.15) is 0 Å². The Morgan fingerprint density at radius 2 is 2.00 bits per heavy atom. The molecule has 22 heavy (non-hydrogen) atoms. The Bertz CT molecular complexity index is 656. The second kappa shape index (κ2) is 8.06. The summed E-state index contributed by atoms with van der Waals surface area (Å²) >= 11 is 7.82. The van der Waals surface area contributed by atoms with Crippen molar-refractivity contribution in [1.82, 2.24) is 10.6 Å². The molecule has 3 rings (SSSR count). The standard InChI is InChI=1S/C16H17ClN2OS.ClH/c17-13-5-1-3-12-4-2-6-14(16(12)13)21-10-15(20)19-9-11-7-18-8-11;/h1-6,11,18H,7-10H2,(H,19,20);1H. The minimum atomic E-state index is 0. The molecule has 2 N–H and O–H groups in total. The van der Waals surface area contributed by atoms with Gasteiger partial charge >= 0.3 is 0 Å². The number of carbonyl (C=O) groups is 1. The van der Waals surface area contributed by atoms with Crippen LogP contribution in [0, 0.1) is 5.92 Å². The summed E-state index contributed by atoms with van der Waals surface area (Å²) in [7, 11) is 0. The van der Waals surface area contributed by atoms with Crippen molar-refractivity contribution in [2.24, 2.45) is 5.92 Å². The number of nitrogens with one attached hydrogen (secondary N) is 2. The van der Waals surface area contributed by atoms with Crippen molar-refractivity contribution < 1.29 is 4.79 Å². The molecule has 0 unspecified atom stereocenters. The second-order valence-corrected chi connectivity index (χ2v) is 6.64. The molecule has 1 aliphatic rings. The third-order valence-electron chi connectivity index (χ3n) is 3.63. The van der Waals surface area contributed by atoms with Gasteiger partial charge in [-0.3, -0.25) is 4.79 Å². The first kappa shape index (κ1) is 17.4. The summed E-state index contributed by atoms with van der Waals surface area (Å²) in [5.41, 5.74) is 0. The molecule has 1 amide bonds. The van der Waals surface area contributed by atoms with E-state index in [9.17, 15) is 4.79 Å². The number of carbonyl (C=O) groups excluding carboxylic acids is 1. The SMILES string of the molecule is Cl.O=C(CSc1cccc2cccc(Cl)c12)NCC1CNC1. The molecule has 1 saturated heterocycles. The normalized spacial score (nSPS) is 14.2. The zero-order chi connectivity index (χ0) is 14.7. The molecule has 0 saturated carbocycles. The Morgan fingerprint density at radius 3 is 2.68 bits per heavy atom. The summed E-state index contributed by atoms with van der Waals surface area (Å²) in [4.78, 5) is 13.0. The van der Waals surface area contributed by atoms with Crippen LogP contribution in [0.2, 0.25) is 5.02 Å². The highest BCUT2D eigenvalue weighted by Gasteiger charge is 2.17. The van der Waals surface area contributed by atoms with E-state index in [2.05, 4.69) is 10.6 Å². The lowest BCUT2D eigenvalue weighted by Crippen LogP contribution is -2.48. The van der Waals surface area contributed by atoms with E-state index in [1.54, 1.807) is 0 Å². The third-order valence-corrected chi connectivity index (χ3v) is 5.00. The van der Waals surface area contributed by atoms with Gasteiger partial charge in [-0.05, 0) is 17.5 Å². The summed E-state index contributed by atoms with van der Waals surface area (Å²) in [6.07, 6.45) is 0. The highest BCUT2D eigenvalue weighted by Crippen LogP contribution is 2.32. The first-order chi connectivity index (χ1) is 10.2. The minimum Gasteiger partial charge on any atom is -0.355 e. The van der Waals surface area contributed by atoms with Crippen LogP contribution in [-0.2, 0) is 4.79 Å². The van der Waals surface area contributed by atoms with Gasteiger partial charge in [0.2, 0.25) is 5.91 Å². The van der Waals surface area contributed by atoms with Crippen LogP contribution in [0.15, 0.2) is 41.3 Å². The van der Waals surface area contributed by atoms with Gasteiger partial charge in [0, 0.05) is 40.9 Å². The van der Waals surface area contributed by atoms with Crippen LogP contribution in [0.25, 0.3) is 10.8 Å². The molecular weight excluding hydrogens is 339 g/mol. The first-order valence-corrected chi connectivity index (χ1v) is 8.38. The van der Waals surface area contributed by atoms with Gasteiger partial charge in [-0.2, -0.15) is 0 Å². The molecule has 0 bridgehead atoms. The molecule has 1 aliphatic heterocycles. The van der Waals surface area contributed by atoms with Crippen LogP contribution in [-0.4, -0.2) is 31.3 Å². The largest absolute Gasteiger partial charge is 0.355 e. The van der Waals surface area contributed by atoms with Crippen LogP contribution in [0.4, 0.5) is 0 Å². The quantitative estimate of drug-likeness (QED) is 0.807. The van der Waals surface area contributed by atoms with Gasteiger partial charge in [0.05, 0.1) is 5.75 Å². The Hall–Kier alpha value is -0.940. The van der Waals surface area contributed by atoms with E-state index < -0.39 is 0 Å². The van der Waals surface area contributed by atoms with Crippen molar-refractivity contribution in [1.29, 1.82) is 0 Å². The van der Waals surface area contributed by atoms with E-state index in [1.807, 2.05) is 36.4 Å². The highest BCUT2D eigenvalue weighted by atomic mass is 35.5. The molecule has 0 atom stereocenters. The van der Waals surface area contributed by atoms with Gasteiger partial charge in [0.15, 0.2) is 0 Å². The summed E-state index contributed by atoms with van der Waals surface area (Å²) in [5.74, 6) is 1.09. The predicted octanol–water partition coefficient (Wildman–Crippen LogP) is 3.34. The van der Waals surface area contributed by atoms with E-state index in [0.717, 1.165) is 40.3 Å². The molecule has 0 spiro atoms. The number of rotatable bonds is 5. The zero-order valence-corrected chi connectivity index (χ0v) is 14.4. The van der Waals surface area contributed by atoms with Gasteiger partial charge in [-0.1, -0.05) is 35.9 Å². The smallest absolute Gasteiger partial charge is 0.230 e. The first-order valence-electron chi connectivity index (χ1n) is 7.01. The van der Waals surface area contributed by atoms with E-state index in [0.29, 0.717) is 11.7 Å². The fourth-order valence-corrected chi connectivity index (χ4v) is 3.60. The van der Waals surface area contributed by atoms with Crippen molar-refractivity contribution >= 4 is 52.4 Å². The molecule has 1 heterocycles. The Kier molecular flexibility index (Phi) is 6.38. The number of halogens is 2. The van der Waals surface area contributed by atoms with Crippen molar-refractivity contribution in [2.45, 2.75) is 4.90 Å². The highest BCUT2D eigenvalue weighted by molar-refractivity contribution is 8.00. The average molecular weight is 357 g/mol. The van der Waals surface area contributed by atoms with E-state index in [1.165, 1.54) is 11.8 Å². The molecule has 2 aromatic carbocycles. The molecule has 3 nitrogen and oxygen atoms in total. The van der Waals surface area contributed by atoms with Crippen LogP contribution < -0.4 is 10.6 Å². The molecule has 118 valence electrons. The maximum absolute atomic E-state index is 11.9. The van der Waals surface area contributed by atoms with Gasteiger partial charge in [-0.25, -0.2) is 0 Å². The van der Waals surface area contributed by atoms with Gasteiger partial charge in [0.1, 0.15) is 0 Å². The molecule has 0 aliphatic carbocycles. The Balaban J connectivity index is 0.00000176. The molecule has 0 aromatic heterocycles. The van der Waals surface area contributed by atoms with Crippen molar-refractivity contribution in [3.63, 3.8) is 0 Å². The van der Waals surface area contributed by atoms with Crippen molar-refractivity contribution in [3.8, 4) is 0 Å². The van der Waals surface area contributed by atoms with Gasteiger partial charge in [0.25, 0.3) is 0 Å². The fourth-order valence-electron chi connectivity index (χ4n) is 2.33. The minimum absolute atomic E-state index is 0. The number of hydrogen-bond donors (Lipinski definition) is 2. The van der Waals surface area contributed by atoms with Crippen LogP contribution >= 0.6 is 35.8 Å². The van der Waals surface area contributed by atoms with Crippen LogP contribution in [0.5, 0.6) is 0 Å². The van der Waals surface area contributed by atoms with Gasteiger partial charge in [-0.15, -0.1) is 24.2 Å². The third kappa shape index (κ3) is 4.07. The van der Waals surface area contributed by atoms with E-state index in [4.69, 9.17) is 11.6 Å². The topological polar surface area (TPSA) is 41.1 Å². The molecular formula is C16H18Cl2N2OS. The monoisotopic (exact) mass is 356 g/mol. The lowest BCUT2D eigenvalue weighted by Gasteiger charge is -2.27. The fraction of sp³-hybridized carbons (Fsp3) is 0.312. The maximum atomic E-state index is 11.9. The molecule has 6 heteroatoms. The van der Waals surface area contributed by atoms with Gasteiger partial charge < -0.3 is 10.6 Å². The predicted molar refractivity (Wildman–Crippen MR) is 96.3 cm³/mol. The summed E-state index contributed by atoms with van der Waals surface area (Å²) in [5, 5.41) is 9.05. The van der Waals surface area contributed by atoms with Crippen molar-refractivity contribution in [2.75, 3.05) is 25.4 Å². The molecule has 2 aromatic rings. The lowest BCUT2D eigenvalue weighted by atomic mass is 10.0. The summed E-state index contributed by atoms with van der Waals surface area (Å²) < 4.78 is 0. The van der Waals surface area contributed by atoms with E-state index in [-0.39, 0.29) is 18.3 Å². The number of benzene rings is 2. The Morgan fingerprint density at radius 1 is 1.27 bits per heavy atom. The zero-order valence-electron chi connectivity index (χ0n) is 12.0. The maximum Gasteiger partial charge on any atom is 0.230 e. The van der Waals surface area contributed by atoms with Crippen LogP contribution in [0.3, 0.4) is 0 Å². The lowest BCUT2D eigenvalue weighted by molar-refractivity contribution is -0.118. The number of amides is 1. The van der Waals surface area contributed by atoms with E-state index >= 15 is 0 Å². The number of fused-ring (bicyclic) bond motifs is 1. The number of thioether (sulfide) groups is 1. The summed E-state index contributed by atoms with van der Waals surface area (Å²) in [6.45, 7) is 2.78. The molecule has 0 radical (unpaired) electrons. The molecule has 1 fully saturated rings. The Labute approximate surface area is 145 Å². The van der Waals surface area contributed by atoms with Crippen molar-refractivity contribution in [3.05, 3.63) is 41.4 Å². The average Bonchev–Trinajstić information content (AvgIpc) is 2.43. The number of hydrogen-bond acceptors (Lipinski definition) is 3.